The molecule has 0 aliphatic carbocycles. The van der Waals surface area contributed by atoms with E-state index in [2.05, 4.69) is 5.32 Å². The second-order valence-electron chi connectivity index (χ2n) is 3.99. The molecule has 0 spiro atoms. The van der Waals surface area contributed by atoms with Crippen LogP contribution in [0.2, 0.25) is 0 Å². The van der Waals surface area contributed by atoms with E-state index in [1.807, 2.05) is 0 Å². The zero-order valence-electron chi connectivity index (χ0n) is 11.0. The molecule has 0 bridgehead atoms. The van der Waals surface area contributed by atoms with Crippen molar-refractivity contribution in [3.63, 3.8) is 0 Å². The zero-order chi connectivity index (χ0) is 14.8. The van der Waals surface area contributed by atoms with Crippen LogP contribution >= 0.6 is 0 Å². The summed E-state index contributed by atoms with van der Waals surface area (Å²) in [7, 11) is -3.19. The lowest BCUT2D eigenvalue weighted by atomic mass is 10.3. The normalized spacial score (nSPS) is 19.9. The summed E-state index contributed by atoms with van der Waals surface area (Å²) in [4.78, 5) is 11.3. The van der Waals surface area contributed by atoms with E-state index in [0.29, 0.717) is 13.2 Å². The van der Waals surface area contributed by atoms with Gasteiger partial charge in [0.05, 0.1) is 44.8 Å². The highest BCUT2D eigenvalue weighted by Gasteiger charge is 2.23. The number of rotatable bonds is 9. The van der Waals surface area contributed by atoms with Crippen molar-refractivity contribution < 1.29 is 32.5 Å². The van der Waals surface area contributed by atoms with E-state index >= 15 is 0 Å². The quantitative estimate of drug-likeness (QED) is 0.528. The lowest BCUT2D eigenvalue weighted by Gasteiger charge is -2.10. The van der Waals surface area contributed by atoms with E-state index in [0.717, 1.165) is 5.41 Å². The van der Waals surface area contributed by atoms with E-state index in [9.17, 15) is 13.2 Å². The molecule has 2 N–H and O–H groups in total. The first kappa shape index (κ1) is 16.9. The third-order valence-corrected chi connectivity index (χ3v) is 3.70. The Hall–Kier alpha value is -1.16. The molecule has 1 aliphatic heterocycles. The maximum atomic E-state index is 11.3. The van der Waals surface area contributed by atoms with E-state index in [1.165, 1.54) is 6.08 Å². The second-order valence-corrected chi connectivity index (χ2v) is 5.92. The molecule has 1 amide bonds. The van der Waals surface area contributed by atoms with E-state index < -0.39 is 22.0 Å². The van der Waals surface area contributed by atoms with Gasteiger partial charge in [0.1, 0.15) is 6.61 Å². The topological polar surface area (TPSA) is 111 Å². The predicted octanol–water partition coefficient (Wildman–Crippen LogP) is -0.951. The third-order valence-electron chi connectivity index (χ3n) is 2.30. The summed E-state index contributed by atoms with van der Waals surface area (Å²) in [5.74, 6) is -0.138. The first-order chi connectivity index (χ1) is 9.53. The predicted molar refractivity (Wildman–Crippen MR) is 69.9 cm³/mol. The Labute approximate surface area is 117 Å². The molecule has 1 heterocycles. The molecular weight excluding hydrogens is 290 g/mol. The van der Waals surface area contributed by atoms with Gasteiger partial charge < -0.3 is 24.6 Å². The molecule has 20 heavy (non-hydrogen) atoms. The number of hydrogen-bond acceptors (Lipinski definition) is 7. The van der Waals surface area contributed by atoms with E-state index in [4.69, 9.17) is 19.3 Å². The van der Waals surface area contributed by atoms with Crippen molar-refractivity contribution in [2.45, 2.75) is 6.04 Å². The summed E-state index contributed by atoms with van der Waals surface area (Å²) in [6, 6.07) is -0.541. The molecule has 0 aromatic carbocycles. The van der Waals surface area contributed by atoms with E-state index in [-0.39, 0.29) is 32.2 Å². The monoisotopic (exact) mass is 309 g/mol. The summed E-state index contributed by atoms with van der Waals surface area (Å²) in [5, 5.41) is 11.9. The number of nitrogens with one attached hydrogen (secondary N) is 1. The number of amides is 1. The molecule has 8 nitrogen and oxygen atoms in total. The minimum absolute atomic E-state index is 0.0331. The number of alkyl carbamates (subject to hydrolysis) is 1. The molecule has 0 saturated carbocycles. The third kappa shape index (κ3) is 7.43. The summed E-state index contributed by atoms with van der Waals surface area (Å²) < 4.78 is 37.1. The van der Waals surface area contributed by atoms with Gasteiger partial charge in [0.15, 0.2) is 9.84 Å². The van der Waals surface area contributed by atoms with E-state index in [1.54, 1.807) is 0 Å². The maximum Gasteiger partial charge on any atom is 0.407 e. The number of aliphatic hydroxyl groups is 1. The molecule has 1 aliphatic rings. The number of ether oxygens (including phenoxy) is 3. The summed E-state index contributed by atoms with van der Waals surface area (Å²) in [6.07, 6.45) is 0.725. The van der Waals surface area contributed by atoms with Crippen LogP contribution in [0.25, 0.3) is 0 Å². The Bertz CT molecular complexity index is 420. The molecule has 0 aromatic rings. The summed E-state index contributed by atoms with van der Waals surface area (Å²) >= 11 is 0. The molecule has 0 unspecified atom stereocenters. The van der Waals surface area contributed by atoms with Crippen molar-refractivity contribution in [2.75, 3.05) is 45.4 Å². The molecular formula is C11H19NO7S. The Morgan fingerprint density at radius 1 is 1.20 bits per heavy atom. The first-order valence-corrected chi connectivity index (χ1v) is 7.85. The number of hydrogen-bond donors (Lipinski definition) is 2. The largest absolute Gasteiger partial charge is 0.447 e. The fourth-order valence-electron chi connectivity index (χ4n) is 1.44. The highest BCUT2D eigenvalue weighted by atomic mass is 32.2. The zero-order valence-corrected chi connectivity index (χ0v) is 11.8. The minimum atomic E-state index is -3.19. The van der Waals surface area contributed by atoms with Crippen molar-refractivity contribution in [1.29, 1.82) is 0 Å². The molecule has 116 valence electrons. The highest BCUT2D eigenvalue weighted by Crippen LogP contribution is 2.07. The number of carbonyl (C=O) groups excluding carboxylic acids is 1. The first-order valence-electron chi connectivity index (χ1n) is 6.14. The summed E-state index contributed by atoms with van der Waals surface area (Å²) in [5.41, 5.74) is 0. The van der Waals surface area contributed by atoms with Crippen LogP contribution in [0.15, 0.2) is 11.5 Å². The number of sulfone groups is 1. The lowest BCUT2D eigenvalue weighted by molar-refractivity contribution is 0.0185. The molecule has 0 fully saturated rings. The molecule has 1 rings (SSSR count). The Morgan fingerprint density at radius 3 is 2.45 bits per heavy atom. The number of aliphatic hydroxyl groups excluding tert-OH is 1. The van der Waals surface area contributed by atoms with Crippen LogP contribution < -0.4 is 5.32 Å². The van der Waals surface area contributed by atoms with Gasteiger partial charge in [-0.2, -0.15) is 0 Å². The van der Waals surface area contributed by atoms with Gasteiger partial charge in [-0.15, -0.1) is 0 Å². The van der Waals surface area contributed by atoms with Crippen molar-refractivity contribution in [1.82, 2.24) is 5.32 Å². The average molecular weight is 309 g/mol. The second kappa shape index (κ2) is 8.90. The Morgan fingerprint density at radius 2 is 1.85 bits per heavy atom. The average Bonchev–Trinajstić information content (AvgIpc) is 2.72. The fourth-order valence-corrected chi connectivity index (χ4v) is 2.67. The standard InChI is InChI=1S/C11H19NO7S/c13-2-3-17-4-5-18-6-7-19-11(14)12-10-1-8-20(15,16)9-10/h1,8,10,13H,2-7,9H2,(H,12,14)/t10-/m0/s1. The molecule has 0 aromatic heterocycles. The lowest BCUT2D eigenvalue weighted by Crippen LogP contribution is -2.36. The van der Waals surface area contributed by atoms with Crippen LogP contribution in [-0.2, 0) is 24.0 Å². The van der Waals surface area contributed by atoms with Crippen molar-refractivity contribution >= 4 is 15.9 Å². The van der Waals surface area contributed by atoms with Gasteiger partial charge in [-0.05, 0) is 6.08 Å². The van der Waals surface area contributed by atoms with Gasteiger partial charge >= 0.3 is 6.09 Å². The smallest absolute Gasteiger partial charge is 0.407 e. The molecule has 1 atom stereocenters. The van der Waals surface area contributed by atoms with Crippen LogP contribution in [0.5, 0.6) is 0 Å². The van der Waals surface area contributed by atoms with Gasteiger partial charge in [0.25, 0.3) is 0 Å². The molecule has 0 saturated heterocycles. The van der Waals surface area contributed by atoms with Crippen LogP contribution in [-0.4, -0.2) is 71.1 Å². The molecule has 9 heteroatoms. The van der Waals surface area contributed by atoms with Crippen molar-refractivity contribution in [3.8, 4) is 0 Å². The van der Waals surface area contributed by atoms with Gasteiger partial charge in [0, 0.05) is 5.41 Å². The minimum Gasteiger partial charge on any atom is -0.447 e. The SMILES string of the molecule is O=C(N[C@H]1C=CS(=O)(=O)C1)OCCOCCOCCO. The van der Waals surface area contributed by atoms with Crippen LogP contribution in [0, 0.1) is 0 Å². The Balaban J connectivity index is 1.97. The molecule has 0 radical (unpaired) electrons. The van der Waals surface area contributed by atoms with Gasteiger partial charge in [-0.1, -0.05) is 0 Å². The van der Waals surface area contributed by atoms with Gasteiger partial charge in [-0.25, -0.2) is 13.2 Å². The van der Waals surface area contributed by atoms with Crippen LogP contribution in [0.3, 0.4) is 0 Å². The highest BCUT2D eigenvalue weighted by molar-refractivity contribution is 7.94. The van der Waals surface area contributed by atoms with Crippen molar-refractivity contribution in [2.24, 2.45) is 0 Å². The van der Waals surface area contributed by atoms with Crippen LogP contribution in [0.4, 0.5) is 4.79 Å². The summed E-state index contributed by atoms with van der Waals surface area (Å²) in [6.45, 7) is 1.21. The Kier molecular flexibility index (Phi) is 7.52. The van der Waals surface area contributed by atoms with Gasteiger partial charge in [0.2, 0.25) is 0 Å². The van der Waals surface area contributed by atoms with Crippen molar-refractivity contribution in [3.05, 3.63) is 11.5 Å². The number of carbonyl (C=O) groups is 1. The fraction of sp³-hybridized carbons (Fsp3) is 0.727. The van der Waals surface area contributed by atoms with Gasteiger partial charge in [-0.3, -0.25) is 0 Å². The maximum absolute atomic E-state index is 11.3. The van der Waals surface area contributed by atoms with Crippen LogP contribution in [0.1, 0.15) is 0 Å².